The first kappa shape index (κ1) is 27.7. The van der Waals surface area contributed by atoms with Gasteiger partial charge < -0.3 is 35.3 Å². The van der Waals surface area contributed by atoms with Gasteiger partial charge in [0, 0.05) is 17.4 Å². The highest BCUT2D eigenvalue weighted by atomic mass is 35.5. The van der Waals surface area contributed by atoms with Crippen LogP contribution in [0.25, 0.3) is 0 Å². The van der Waals surface area contributed by atoms with Gasteiger partial charge in [-0.3, -0.25) is 14.4 Å². The molecule has 2 amide bonds. The molecule has 3 aromatic carbocycles. The van der Waals surface area contributed by atoms with Crippen molar-refractivity contribution >= 4 is 40.6 Å². The molecule has 0 saturated heterocycles. The molecule has 3 aromatic rings. The van der Waals surface area contributed by atoms with Crippen LogP contribution in [-0.2, 0) is 4.79 Å². The summed E-state index contributed by atoms with van der Waals surface area (Å²) in [6.07, 6.45) is -0.575. The average molecular weight is 554 g/mol. The molecule has 0 spiro atoms. The van der Waals surface area contributed by atoms with Gasteiger partial charge in [-0.15, -0.1) is 0 Å². The van der Waals surface area contributed by atoms with Crippen molar-refractivity contribution in [1.29, 1.82) is 0 Å². The number of rotatable bonds is 8. The van der Waals surface area contributed by atoms with Crippen molar-refractivity contribution in [2.75, 3.05) is 32.0 Å². The number of anilines is 2. The number of hydrogen-bond donors (Lipinski definition) is 3. The lowest BCUT2D eigenvalue weighted by Crippen LogP contribution is -2.32. The highest BCUT2D eigenvalue weighted by Gasteiger charge is 2.34. The normalized spacial score (nSPS) is 14.9. The number of nitrogens with two attached hydrogens (primary N) is 1. The lowest BCUT2D eigenvalue weighted by atomic mass is 9.94. The first-order chi connectivity index (χ1) is 18.7. The molecule has 0 radical (unpaired) electrons. The fourth-order valence-corrected chi connectivity index (χ4v) is 4.39. The van der Waals surface area contributed by atoms with Gasteiger partial charge in [0.2, 0.25) is 11.7 Å². The van der Waals surface area contributed by atoms with Gasteiger partial charge in [0.05, 0.1) is 44.4 Å². The molecule has 11 heteroatoms. The van der Waals surface area contributed by atoms with Crippen LogP contribution in [0.4, 0.5) is 11.4 Å². The number of carbonyl (C=O) groups excluding carboxylic acids is 3. The molecule has 1 aliphatic rings. The number of Topliss-reactive ketones (excluding diaryl/α,β-unsaturated/α-hetero) is 1. The molecule has 1 unspecified atom stereocenters. The Hall–Kier alpha value is -4.28. The summed E-state index contributed by atoms with van der Waals surface area (Å²) in [5.74, 6) is 0.142. The first-order valence-electron chi connectivity index (χ1n) is 12.0. The standard InChI is InChI=1S/C28H28ClN3O7/c1-14(30)27(34)31-17-8-9-19(29)18(11-17)28(35)32-16-7-5-6-15(10-16)21-12-20(33)24-22(39-21)13-23(36-2)25(37-3)26(24)38-4/h5-11,13-14,21H,12,30H2,1-4H3,(H,31,34)(H,32,35)/t14-,21?/m0/s1. The van der Waals surface area contributed by atoms with Crippen LogP contribution in [0.2, 0.25) is 5.02 Å². The molecule has 0 saturated carbocycles. The van der Waals surface area contributed by atoms with Crippen LogP contribution in [0.3, 0.4) is 0 Å². The second kappa shape index (κ2) is 11.6. The van der Waals surface area contributed by atoms with E-state index in [0.29, 0.717) is 34.2 Å². The molecule has 0 aromatic heterocycles. The first-order valence-corrected chi connectivity index (χ1v) is 12.3. The van der Waals surface area contributed by atoms with E-state index in [1.165, 1.54) is 33.5 Å². The Morgan fingerprint density at radius 2 is 1.72 bits per heavy atom. The monoisotopic (exact) mass is 553 g/mol. The second-order valence-electron chi connectivity index (χ2n) is 8.80. The number of ketones is 1. The van der Waals surface area contributed by atoms with Crippen molar-refractivity contribution in [1.82, 2.24) is 0 Å². The minimum Gasteiger partial charge on any atom is -0.493 e. The predicted molar refractivity (Wildman–Crippen MR) is 147 cm³/mol. The number of amides is 2. The number of benzene rings is 3. The summed E-state index contributed by atoms with van der Waals surface area (Å²) in [7, 11) is 4.38. The van der Waals surface area contributed by atoms with Crippen molar-refractivity contribution in [3.8, 4) is 23.0 Å². The summed E-state index contributed by atoms with van der Waals surface area (Å²) >= 11 is 6.26. The van der Waals surface area contributed by atoms with Gasteiger partial charge >= 0.3 is 0 Å². The third-order valence-electron chi connectivity index (χ3n) is 6.12. The van der Waals surface area contributed by atoms with Crippen molar-refractivity contribution in [3.63, 3.8) is 0 Å². The number of nitrogens with one attached hydrogen (secondary N) is 2. The fourth-order valence-electron chi connectivity index (χ4n) is 4.19. The summed E-state index contributed by atoms with van der Waals surface area (Å²) < 4.78 is 22.4. The summed E-state index contributed by atoms with van der Waals surface area (Å²) in [5.41, 5.74) is 7.56. The maximum absolute atomic E-state index is 13.2. The summed E-state index contributed by atoms with van der Waals surface area (Å²) in [6, 6.07) is 12.4. The molecule has 0 fully saturated rings. The van der Waals surface area contributed by atoms with Crippen molar-refractivity contribution < 1.29 is 33.3 Å². The number of methoxy groups -OCH3 is 3. The molecule has 0 aliphatic carbocycles. The van der Waals surface area contributed by atoms with E-state index < -0.39 is 24.0 Å². The molecular weight excluding hydrogens is 526 g/mol. The van der Waals surface area contributed by atoms with E-state index in [1.807, 2.05) is 0 Å². The van der Waals surface area contributed by atoms with Gasteiger partial charge in [0.1, 0.15) is 17.4 Å². The van der Waals surface area contributed by atoms with Crippen molar-refractivity contribution in [2.24, 2.45) is 5.73 Å². The lowest BCUT2D eigenvalue weighted by molar-refractivity contribution is -0.117. The number of halogens is 1. The molecule has 4 N–H and O–H groups in total. The molecule has 1 heterocycles. The molecule has 10 nitrogen and oxygen atoms in total. The average Bonchev–Trinajstić information content (AvgIpc) is 2.92. The minimum atomic E-state index is -0.717. The third-order valence-corrected chi connectivity index (χ3v) is 6.45. The van der Waals surface area contributed by atoms with E-state index in [4.69, 9.17) is 36.3 Å². The van der Waals surface area contributed by atoms with Crippen LogP contribution in [0, 0.1) is 0 Å². The molecule has 204 valence electrons. The lowest BCUT2D eigenvalue weighted by Gasteiger charge is -2.28. The fraction of sp³-hybridized carbons (Fsp3) is 0.250. The zero-order valence-electron chi connectivity index (χ0n) is 21.8. The van der Waals surface area contributed by atoms with E-state index >= 15 is 0 Å². The minimum absolute atomic E-state index is 0.0450. The Bertz CT molecular complexity index is 1440. The van der Waals surface area contributed by atoms with E-state index in [1.54, 1.807) is 43.3 Å². The van der Waals surface area contributed by atoms with E-state index in [0.717, 1.165) is 0 Å². The molecule has 4 rings (SSSR count). The van der Waals surface area contributed by atoms with Crippen LogP contribution >= 0.6 is 11.6 Å². The molecule has 1 aliphatic heterocycles. The quantitative estimate of drug-likeness (QED) is 0.367. The van der Waals surface area contributed by atoms with Gasteiger partial charge in [-0.05, 0) is 42.8 Å². The van der Waals surface area contributed by atoms with Crippen LogP contribution in [0.15, 0.2) is 48.5 Å². The third kappa shape index (κ3) is 5.76. The highest BCUT2D eigenvalue weighted by molar-refractivity contribution is 6.34. The predicted octanol–water partition coefficient (Wildman–Crippen LogP) is 4.61. The second-order valence-corrected chi connectivity index (χ2v) is 9.21. The Balaban J connectivity index is 1.57. The summed E-state index contributed by atoms with van der Waals surface area (Å²) in [6.45, 7) is 1.55. The summed E-state index contributed by atoms with van der Waals surface area (Å²) in [5, 5.41) is 5.65. The topological polar surface area (TPSA) is 138 Å². The number of ether oxygens (including phenoxy) is 4. The van der Waals surface area contributed by atoms with Crippen LogP contribution in [0.5, 0.6) is 23.0 Å². The Kier molecular flexibility index (Phi) is 8.27. The SMILES string of the molecule is COc1cc2c(c(OC)c1OC)C(=O)CC(c1cccc(NC(=O)c3cc(NC(=O)[C@H](C)N)ccc3Cl)c1)O2. The summed E-state index contributed by atoms with van der Waals surface area (Å²) in [4.78, 5) is 38.2. The van der Waals surface area contributed by atoms with Crippen molar-refractivity contribution in [2.45, 2.75) is 25.5 Å². The van der Waals surface area contributed by atoms with Gasteiger partial charge in [-0.25, -0.2) is 0 Å². The van der Waals surface area contributed by atoms with Gasteiger partial charge in [0.15, 0.2) is 17.3 Å². The Morgan fingerprint density at radius 3 is 2.38 bits per heavy atom. The van der Waals surface area contributed by atoms with Gasteiger partial charge in [-0.2, -0.15) is 0 Å². The van der Waals surface area contributed by atoms with Crippen LogP contribution < -0.4 is 35.3 Å². The largest absolute Gasteiger partial charge is 0.493 e. The Morgan fingerprint density at radius 1 is 1.00 bits per heavy atom. The molecular formula is C28H28ClN3O7. The molecule has 0 bridgehead atoms. The number of hydrogen-bond acceptors (Lipinski definition) is 8. The zero-order valence-corrected chi connectivity index (χ0v) is 22.5. The Labute approximate surface area is 230 Å². The van der Waals surface area contributed by atoms with Crippen molar-refractivity contribution in [3.05, 3.63) is 70.2 Å². The van der Waals surface area contributed by atoms with E-state index in [9.17, 15) is 14.4 Å². The maximum atomic E-state index is 13.2. The van der Waals surface area contributed by atoms with Gasteiger partial charge in [-0.1, -0.05) is 23.7 Å². The zero-order chi connectivity index (χ0) is 28.3. The van der Waals surface area contributed by atoms with Gasteiger partial charge in [0.25, 0.3) is 5.91 Å². The number of fused-ring (bicyclic) bond motifs is 1. The van der Waals surface area contributed by atoms with Crippen LogP contribution in [0.1, 0.15) is 45.7 Å². The maximum Gasteiger partial charge on any atom is 0.257 e. The van der Waals surface area contributed by atoms with Crippen LogP contribution in [-0.4, -0.2) is 45.0 Å². The van der Waals surface area contributed by atoms with E-state index in [2.05, 4.69) is 10.6 Å². The smallest absolute Gasteiger partial charge is 0.257 e. The molecule has 2 atom stereocenters. The molecule has 39 heavy (non-hydrogen) atoms. The van der Waals surface area contributed by atoms with E-state index in [-0.39, 0.29) is 34.1 Å². The highest BCUT2D eigenvalue weighted by Crippen LogP contribution is 2.49. The number of carbonyl (C=O) groups is 3.